The quantitative estimate of drug-likeness (QED) is 0.841. The van der Waals surface area contributed by atoms with E-state index in [-0.39, 0.29) is 23.7 Å². The van der Waals surface area contributed by atoms with Crippen LogP contribution in [0.15, 0.2) is 42.5 Å². The Morgan fingerprint density at radius 1 is 1.15 bits per heavy atom. The monoisotopic (exact) mass is 368 g/mol. The smallest absolute Gasteiger partial charge is 0.223 e. The maximum absolute atomic E-state index is 13.0. The highest BCUT2D eigenvalue weighted by molar-refractivity contribution is 5.79. The molecule has 4 heteroatoms. The lowest BCUT2D eigenvalue weighted by molar-refractivity contribution is -0.127. The largest absolute Gasteiger partial charge is 0.349 e. The highest BCUT2D eigenvalue weighted by Crippen LogP contribution is 2.23. The molecule has 1 aliphatic heterocycles. The van der Waals surface area contributed by atoms with Crippen LogP contribution in [0.2, 0.25) is 0 Å². The molecule has 3 nitrogen and oxygen atoms in total. The number of likely N-dealkylation sites (tertiary alicyclic amines) is 1. The lowest BCUT2D eigenvalue weighted by atomic mass is 9.94. The van der Waals surface area contributed by atoms with Gasteiger partial charge in [0.2, 0.25) is 5.91 Å². The van der Waals surface area contributed by atoms with Gasteiger partial charge in [-0.15, -0.1) is 0 Å². The van der Waals surface area contributed by atoms with Crippen molar-refractivity contribution in [3.63, 3.8) is 0 Å². The Morgan fingerprint density at radius 2 is 1.81 bits per heavy atom. The summed E-state index contributed by atoms with van der Waals surface area (Å²) in [6, 6.07) is 13.1. The van der Waals surface area contributed by atoms with Crippen LogP contribution in [0.4, 0.5) is 4.39 Å². The van der Waals surface area contributed by atoms with Crippen molar-refractivity contribution < 1.29 is 9.18 Å². The summed E-state index contributed by atoms with van der Waals surface area (Å²) in [5.74, 6) is 0.0268. The van der Waals surface area contributed by atoms with E-state index in [1.165, 1.54) is 28.8 Å². The van der Waals surface area contributed by atoms with Gasteiger partial charge in [-0.3, -0.25) is 9.69 Å². The van der Waals surface area contributed by atoms with E-state index >= 15 is 0 Å². The molecule has 1 saturated heterocycles. The third-order valence-corrected chi connectivity index (χ3v) is 5.54. The number of nitrogens with one attached hydrogen (secondary N) is 1. The van der Waals surface area contributed by atoms with Crippen molar-refractivity contribution in [2.75, 3.05) is 13.1 Å². The number of benzene rings is 2. The van der Waals surface area contributed by atoms with E-state index in [1.807, 2.05) is 12.1 Å². The van der Waals surface area contributed by atoms with E-state index in [9.17, 15) is 9.18 Å². The Hall–Kier alpha value is -2.20. The van der Waals surface area contributed by atoms with E-state index in [0.717, 1.165) is 38.0 Å². The van der Waals surface area contributed by atoms with Crippen LogP contribution >= 0.6 is 0 Å². The summed E-state index contributed by atoms with van der Waals surface area (Å²) in [7, 11) is 0. The molecule has 3 rings (SSSR count). The average molecular weight is 368 g/mol. The number of hydrogen-bond acceptors (Lipinski definition) is 2. The molecule has 1 amide bonds. The molecule has 0 spiro atoms. The molecule has 144 valence electrons. The fourth-order valence-electron chi connectivity index (χ4n) is 3.84. The van der Waals surface area contributed by atoms with Gasteiger partial charge in [0.15, 0.2) is 0 Å². The molecule has 0 saturated carbocycles. The first-order chi connectivity index (χ1) is 12.9. The SMILES string of the molecule is Cc1ccc(C)c([C@@H](C)NC(=O)C2CCN(Cc3ccc(F)cc3)CC2)c1. The summed E-state index contributed by atoms with van der Waals surface area (Å²) < 4.78 is 13.0. The number of amides is 1. The molecule has 1 heterocycles. The van der Waals surface area contributed by atoms with Gasteiger partial charge in [0.25, 0.3) is 0 Å². The van der Waals surface area contributed by atoms with Crippen molar-refractivity contribution in [3.05, 3.63) is 70.5 Å². The predicted molar refractivity (Wildman–Crippen MR) is 107 cm³/mol. The van der Waals surface area contributed by atoms with Crippen LogP contribution < -0.4 is 5.32 Å². The summed E-state index contributed by atoms with van der Waals surface area (Å²) in [5, 5.41) is 3.21. The molecule has 0 aliphatic carbocycles. The van der Waals surface area contributed by atoms with Crippen LogP contribution in [-0.2, 0) is 11.3 Å². The van der Waals surface area contributed by atoms with Gasteiger partial charge in [-0.1, -0.05) is 35.9 Å². The lowest BCUT2D eigenvalue weighted by Crippen LogP contribution is -2.41. The maximum atomic E-state index is 13.0. The van der Waals surface area contributed by atoms with E-state index in [4.69, 9.17) is 0 Å². The number of aryl methyl sites for hydroxylation is 2. The van der Waals surface area contributed by atoms with Crippen molar-refractivity contribution in [3.8, 4) is 0 Å². The van der Waals surface area contributed by atoms with Crippen LogP contribution in [-0.4, -0.2) is 23.9 Å². The number of hydrogen-bond donors (Lipinski definition) is 1. The van der Waals surface area contributed by atoms with Gasteiger partial charge >= 0.3 is 0 Å². The van der Waals surface area contributed by atoms with Gasteiger partial charge in [0.05, 0.1) is 6.04 Å². The summed E-state index contributed by atoms with van der Waals surface area (Å²) in [4.78, 5) is 15.0. The summed E-state index contributed by atoms with van der Waals surface area (Å²) in [6.07, 6.45) is 1.74. The first-order valence-electron chi connectivity index (χ1n) is 9.76. The molecule has 27 heavy (non-hydrogen) atoms. The average Bonchev–Trinajstić information content (AvgIpc) is 2.66. The van der Waals surface area contributed by atoms with Crippen LogP contribution in [0.1, 0.15) is 48.1 Å². The summed E-state index contributed by atoms with van der Waals surface area (Å²) >= 11 is 0. The zero-order chi connectivity index (χ0) is 19.4. The molecule has 1 atom stereocenters. The second kappa shape index (κ2) is 8.66. The fourth-order valence-corrected chi connectivity index (χ4v) is 3.84. The molecule has 0 bridgehead atoms. The predicted octanol–water partition coefficient (Wildman–Crippen LogP) is 4.53. The highest BCUT2D eigenvalue weighted by atomic mass is 19.1. The number of halogens is 1. The first kappa shape index (κ1) is 19.6. The molecule has 0 radical (unpaired) electrons. The third kappa shape index (κ3) is 5.16. The number of rotatable bonds is 5. The van der Waals surface area contributed by atoms with Crippen molar-refractivity contribution in [1.82, 2.24) is 10.2 Å². The second-order valence-electron chi connectivity index (χ2n) is 7.77. The van der Waals surface area contributed by atoms with Gasteiger partial charge in [-0.2, -0.15) is 0 Å². The molecule has 1 N–H and O–H groups in total. The maximum Gasteiger partial charge on any atom is 0.223 e. The Morgan fingerprint density at radius 3 is 2.48 bits per heavy atom. The fraction of sp³-hybridized carbons (Fsp3) is 0.435. The van der Waals surface area contributed by atoms with Gasteiger partial charge < -0.3 is 5.32 Å². The van der Waals surface area contributed by atoms with Crippen molar-refractivity contribution in [1.29, 1.82) is 0 Å². The van der Waals surface area contributed by atoms with E-state index in [1.54, 1.807) is 0 Å². The normalized spacial score (nSPS) is 16.9. The zero-order valence-corrected chi connectivity index (χ0v) is 16.5. The lowest BCUT2D eigenvalue weighted by Gasteiger charge is -2.32. The zero-order valence-electron chi connectivity index (χ0n) is 16.5. The number of piperidine rings is 1. The number of carbonyl (C=O) groups is 1. The van der Waals surface area contributed by atoms with E-state index in [2.05, 4.69) is 49.2 Å². The molecule has 1 aliphatic rings. The number of nitrogens with zero attached hydrogens (tertiary/aromatic N) is 1. The molecule has 2 aromatic carbocycles. The van der Waals surface area contributed by atoms with E-state index in [0.29, 0.717) is 0 Å². The van der Waals surface area contributed by atoms with Crippen molar-refractivity contribution >= 4 is 5.91 Å². The van der Waals surface area contributed by atoms with Crippen molar-refractivity contribution in [2.45, 2.75) is 46.2 Å². The Labute approximate surface area is 161 Å². The Balaban J connectivity index is 1.50. The van der Waals surface area contributed by atoms with Crippen LogP contribution in [0.5, 0.6) is 0 Å². The second-order valence-corrected chi connectivity index (χ2v) is 7.77. The molecule has 0 aromatic heterocycles. The molecule has 2 aromatic rings. The van der Waals surface area contributed by atoms with Crippen molar-refractivity contribution in [2.24, 2.45) is 5.92 Å². The summed E-state index contributed by atoms with van der Waals surface area (Å²) in [6.45, 7) is 8.83. The molecular weight excluding hydrogens is 339 g/mol. The highest BCUT2D eigenvalue weighted by Gasteiger charge is 2.26. The van der Waals surface area contributed by atoms with E-state index < -0.39 is 0 Å². The third-order valence-electron chi connectivity index (χ3n) is 5.54. The standard InChI is InChI=1S/C23H29FN2O/c1-16-4-5-17(2)22(14-16)18(3)25-23(27)20-10-12-26(13-11-20)15-19-6-8-21(24)9-7-19/h4-9,14,18,20H,10-13,15H2,1-3H3,(H,25,27)/t18-/m1/s1. The van der Waals surface area contributed by atoms with Crippen LogP contribution in [0.3, 0.4) is 0 Å². The minimum absolute atomic E-state index is 0.0228. The minimum atomic E-state index is -0.202. The minimum Gasteiger partial charge on any atom is -0.349 e. The van der Waals surface area contributed by atoms with Crippen LogP contribution in [0.25, 0.3) is 0 Å². The Kier molecular flexibility index (Phi) is 6.27. The van der Waals surface area contributed by atoms with Gasteiger partial charge in [-0.05, 0) is 75.5 Å². The summed E-state index contributed by atoms with van der Waals surface area (Å²) in [5.41, 5.74) is 4.73. The van der Waals surface area contributed by atoms with Gasteiger partial charge in [-0.25, -0.2) is 4.39 Å². The topological polar surface area (TPSA) is 32.3 Å². The molecule has 0 unspecified atom stereocenters. The van der Waals surface area contributed by atoms with Crippen LogP contribution in [0, 0.1) is 25.6 Å². The van der Waals surface area contributed by atoms with Gasteiger partial charge in [0.1, 0.15) is 5.82 Å². The number of carbonyl (C=O) groups excluding carboxylic acids is 1. The Bertz CT molecular complexity index is 779. The first-order valence-corrected chi connectivity index (χ1v) is 9.76. The molecule has 1 fully saturated rings. The van der Waals surface area contributed by atoms with Gasteiger partial charge in [0, 0.05) is 12.5 Å². The molecular formula is C23H29FN2O.